The van der Waals surface area contributed by atoms with Crippen LogP contribution in [0.15, 0.2) is 182 Å². The van der Waals surface area contributed by atoms with Crippen molar-refractivity contribution in [3.63, 3.8) is 0 Å². The number of thiophene rings is 1. The summed E-state index contributed by atoms with van der Waals surface area (Å²) >= 11 is 1.58. The lowest BCUT2D eigenvalue weighted by molar-refractivity contribution is 0.661. The summed E-state index contributed by atoms with van der Waals surface area (Å²) in [5.41, 5.74) is 10.7. The van der Waals surface area contributed by atoms with Gasteiger partial charge in [-0.05, 0) is 63.7 Å². The molecule has 5 heteroatoms. The Morgan fingerprint density at radius 3 is 1.90 bits per heavy atom. The van der Waals surface area contributed by atoms with Crippen molar-refractivity contribution in [3.05, 3.63) is 193 Å². The molecule has 3 aromatic heterocycles. The monoisotopic (exact) mass is 777 g/mol. The molecule has 0 fully saturated rings. The fraction of sp³-hybridized carbons (Fsp3) is 0.0556. The van der Waals surface area contributed by atoms with Gasteiger partial charge in [0.2, 0.25) is 0 Å². The molecule has 12 rings (SSSR count). The van der Waals surface area contributed by atoms with E-state index in [4.69, 9.17) is 21.8 Å². The fourth-order valence-corrected chi connectivity index (χ4v) is 10.6. The molecular weight excluding hydrogens is 737 g/mol. The second-order valence-corrected chi connectivity index (χ2v) is 16.6. The maximum Gasteiger partial charge on any atom is 0.165 e. The van der Waals surface area contributed by atoms with Crippen LogP contribution in [0.5, 0.6) is 0 Å². The normalized spacial score (nSPS) is 14.2. The van der Waals surface area contributed by atoms with Crippen molar-refractivity contribution in [1.29, 1.82) is 0 Å². The number of rotatable bonds is 5. The van der Waals surface area contributed by atoms with Gasteiger partial charge in [0, 0.05) is 58.7 Å². The summed E-state index contributed by atoms with van der Waals surface area (Å²) in [6, 6.07) is 50.3. The lowest BCUT2D eigenvalue weighted by atomic mass is 9.80. The summed E-state index contributed by atoms with van der Waals surface area (Å²) in [5.74, 6) is 1.61. The van der Waals surface area contributed by atoms with Gasteiger partial charge in [0.05, 0.1) is 17.9 Å². The van der Waals surface area contributed by atoms with Gasteiger partial charge in [-0.2, -0.15) is 0 Å². The van der Waals surface area contributed by atoms with Gasteiger partial charge in [0.25, 0.3) is 0 Å². The molecule has 59 heavy (non-hydrogen) atoms. The molecule has 278 valence electrons. The molecule has 1 aliphatic rings. The van der Waals surface area contributed by atoms with E-state index in [2.05, 4.69) is 122 Å². The molecule has 11 aromatic rings. The standard InChI is InChI=1S/C54H36N4S/c1-54(2)44-27-12-9-21-37(44)40-25-15-26-41(49(40)54)52-55-51(34-19-7-4-8-20-34)56-53(57-52)43-32-35(58-45-28-13-10-22-38(45)39-23-11-14-29-46(39)58)31-42-48-36(33-17-5-3-6-18-33)24-16-30-47(48)59-50(42)43/h3-32H,1-2H3/i3D,5D,6D,17D,18D. The van der Waals surface area contributed by atoms with E-state index in [0.717, 1.165) is 64.4 Å². The molecule has 8 aromatic carbocycles. The predicted octanol–water partition coefficient (Wildman–Crippen LogP) is 14.3. The van der Waals surface area contributed by atoms with Crippen LogP contribution in [0, 0.1) is 0 Å². The second-order valence-electron chi connectivity index (χ2n) is 15.6. The number of hydrogen-bond donors (Lipinski definition) is 0. The van der Waals surface area contributed by atoms with Crippen LogP contribution in [0.3, 0.4) is 0 Å². The Balaban J connectivity index is 1.21. The van der Waals surface area contributed by atoms with E-state index < -0.39 is 6.04 Å². The molecule has 0 bridgehead atoms. The summed E-state index contributed by atoms with van der Waals surface area (Å²) < 4.78 is 47.8. The highest BCUT2D eigenvalue weighted by molar-refractivity contribution is 7.26. The largest absolute Gasteiger partial charge is 0.309 e. The van der Waals surface area contributed by atoms with E-state index in [9.17, 15) is 0 Å². The van der Waals surface area contributed by atoms with Crippen LogP contribution < -0.4 is 0 Å². The molecule has 3 heterocycles. The first-order valence-corrected chi connectivity index (χ1v) is 20.5. The van der Waals surface area contributed by atoms with Gasteiger partial charge in [0.15, 0.2) is 17.5 Å². The Hall–Kier alpha value is -7.21. The van der Waals surface area contributed by atoms with Crippen LogP contribution in [-0.2, 0) is 5.41 Å². The van der Waals surface area contributed by atoms with Crippen molar-refractivity contribution in [2.75, 3.05) is 0 Å². The minimum absolute atomic E-state index is 0.162. The average molecular weight is 778 g/mol. The molecular formula is C54H36N4S. The van der Waals surface area contributed by atoms with Crippen LogP contribution in [-0.4, -0.2) is 19.5 Å². The highest BCUT2D eigenvalue weighted by Crippen LogP contribution is 2.52. The lowest BCUT2D eigenvalue weighted by Crippen LogP contribution is -2.17. The van der Waals surface area contributed by atoms with Gasteiger partial charge in [0.1, 0.15) is 0 Å². The van der Waals surface area contributed by atoms with E-state index in [1.54, 1.807) is 11.3 Å². The van der Waals surface area contributed by atoms with Crippen LogP contribution in [0.1, 0.15) is 31.8 Å². The van der Waals surface area contributed by atoms with Gasteiger partial charge in [-0.25, -0.2) is 15.0 Å². The Labute approximate surface area is 352 Å². The minimum atomic E-state index is -0.423. The summed E-state index contributed by atoms with van der Waals surface area (Å²) in [6.07, 6.45) is 0. The van der Waals surface area contributed by atoms with Crippen molar-refractivity contribution in [1.82, 2.24) is 19.5 Å². The number of benzene rings is 8. The third-order valence-corrected chi connectivity index (χ3v) is 13.1. The van der Waals surface area contributed by atoms with Crippen molar-refractivity contribution >= 4 is 53.3 Å². The molecule has 0 saturated carbocycles. The first kappa shape index (κ1) is 29.1. The zero-order chi connectivity index (χ0) is 43.6. The summed E-state index contributed by atoms with van der Waals surface area (Å²) in [4.78, 5) is 16.0. The lowest BCUT2D eigenvalue weighted by Gasteiger charge is -2.24. The van der Waals surface area contributed by atoms with E-state index in [0.29, 0.717) is 23.0 Å². The van der Waals surface area contributed by atoms with Gasteiger partial charge in [-0.3, -0.25) is 0 Å². The molecule has 0 amide bonds. The average Bonchev–Trinajstić information content (AvgIpc) is 3.96. The fourth-order valence-electron chi connectivity index (χ4n) is 9.37. The number of fused-ring (bicyclic) bond motifs is 9. The van der Waals surface area contributed by atoms with Crippen molar-refractivity contribution in [2.24, 2.45) is 0 Å². The highest BCUT2D eigenvalue weighted by atomic mass is 32.1. The molecule has 0 atom stereocenters. The Morgan fingerprint density at radius 1 is 0.508 bits per heavy atom. The van der Waals surface area contributed by atoms with Crippen LogP contribution in [0.4, 0.5) is 0 Å². The van der Waals surface area contributed by atoms with E-state index in [1.807, 2.05) is 48.5 Å². The maximum absolute atomic E-state index is 9.06. The van der Waals surface area contributed by atoms with Crippen molar-refractivity contribution in [2.45, 2.75) is 19.3 Å². The number of aromatic nitrogens is 4. The first-order chi connectivity index (χ1) is 31.1. The smallest absolute Gasteiger partial charge is 0.165 e. The number of hydrogen-bond acceptors (Lipinski definition) is 4. The summed E-state index contributed by atoms with van der Waals surface area (Å²) in [6.45, 7) is 4.54. The van der Waals surface area contributed by atoms with Crippen LogP contribution in [0.2, 0.25) is 0 Å². The minimum Gasteiger partial charge on any atom is -0.309 e. The number of para-hydroxylation sites is 2. The Bertz CT molecular complexity index is 3700. The molecule has 1 aliphatic carbocycles. The van der Waals surface area contributed by atoms with E-state index in [1.165, 1.54) is 22.3 Å². The second kappa shape index (κ2) is 12.9. The van der Waals surface area contributed by atoms with Crippen LogP contribution in [0.25, 0.3) is 104 Å². The first-order valence-electron chi connectivity index (χ1n) is 22.2. The zero-order valence-electron chi connectivity index (χ0n) is 37.1. The number of nitrogens with zero attached hydrogens (tertiary/aromatic N) is 4. The molecule has 0 radical (unpaired) electrons. The highest BCUT2D eigenvalue weighted by Gasteiger charge is 2.38. The van der Waals surface area contributed by atoms with Gasteiger partial charge >= 0.3 is 0 Å². The Morgan fingerprint density at radius 2 is 1.12 bits per heavy atom. The quantitative estimate of drug-likeness (QED) is 0.175. The van der Waals surface area contributed by atoms with E-state index in [-0.39, 0.29) is 35.1 Å². The Kier molecular flexibility index (Phi) is 6.36. The van der Waals surface area contributed by atoms with Crippen LogP contribution >= 0.6 is 11.3 Å². The summed E-state index contributed by atoms with van der Waals surface area (Å²) in [7, 11) is 0. The third-order valence-electron chi connectivity index (χ3n) is 11.9. The molecule has 0 N–H and O–H groups in total. The third kappa shape index (κ3) is 5.11. The van der Waals surface area contributed by atoms with Crippen molar-refractivity contribution < 1.29 is 6.85 Å². The predicted molar refractivity (Wildman–Crippen MR) is 246 cm³/mol. The van der Waals surface area contributed by atoms with Gasteiger partial charge in [-0.15, -0.1) is 11.3 Å². The molecule has 0 aliphatic heterocycles. The van der Waals surface area contributed by atoms with Crippen molar-refractivity contribution in [3.8, 4) is 62.1 Å². The van der Waals surface area contributed by atoms with Gasteiger partial charge in [-0.1, -0.05) is 165 Å². The molecule has 0 spiro atoms. The summed E-state index contributed by atoms with van der Waals surface area (Å²) in [5, 5.41) is 3.88. The topological polar surface area (TPSA) is 43.6 Å². The molecule has 0 unspecified atom stereocenters. The van der Waals surface area contributed by atoms with Gasteiger partial charge < -0.3 is 4.57 Å². The molecule has 0 saturated heterocycles. The molecule has 4 nitrogen and oxygen atoms in total. The van der Waals surface area contributed by atoms with E-state index >= 15 is 0 Å². The SMILES string of the molecule is [2H]c1c([2H])c([2H])c(-c2cccc3sc4c(-c5nc(-c6ccccc6)nc(-c6cccc7c6C(C)(C)c6ccccc6-7)n5)cc(-n5c6ccccc6c6ccccc65)cc4c23)c([2H])c1[2H]. The zero-order valence-corrected chi connectivity index (χ0v) is 32.9. The maximum atomic E-state index is 9.06.